The highest BCUT2D eigenvalue weighted by Gasteiger charge is 2.35. The molecule has 1 aliphatic rings. The molecule has 0 aliphatic heterocycles. The van der Waals surface area contributed by atoms with Crippen molar-refractivity contribution in [2.75, 3.05) is 18.0 Å². The number of rotatable bonds is 13. The second-order valence-electron chi connectivity index (χ2n) is 11.9. The van der Waals surface area contributed by atoms with Crippen LogP contribution in [0.4, 0.5) is 5.69 Å². The lowest BCUT2D eigenvalue weighted by Crippen LogP contribution is -2.54. The zero-order valence-electron chi connectivity index (χ0n) is 26.6. The molecule has 0 saturated heterocycles. The summed E-state index contributed by atoms with van der Waals surface area (Å²) in [7, 11) is -2.65. The number of aryl methyl sites for hydroxylation is 1. The van der Waals surface area contributed by atoms with Gasteiger partial charge < -0.3 is 15.0 Å². The molecule has 0 unspecified atom stereocenters. The largest absolute Gasteiger partial charge is 0.497 e. The number of hydrogen-bond donors (Lipinski definition) is 1. The van der Waals surface area contributed by atoms with E-state index in [1.165, 1.54) is 29.2 Å². The lowest BCUT2D eigenvalue weighted by molar-refractivity contribution is -0.140. The van der Waals surface area contributed by atoms with Crippen LogP contribution in [0, 0.1) is 6.92 Å². The quantitative estimate of drug-likeness (QED) is 0.174. The molecule has 0 heterocycles. The first-order valence-corrected chi connectivity index (χ1v) is 17.6. The van der Waals surface area contributed by atoms with Crippen molar-refractivity contribution < 1.29 is 22.7 Å². The van der Waals surface area contributed by atoms with Gasteiger partial charge in [-0.05, 0) is 85.0 Å². The van der Waals surface area contributed by atoms with E-state index in [0.29, 0.717) is 16.5 Å². The number of anilines is 1. The third-order valence-corrected chi connectivity index (χ3v) is 10.5. The SMILES string of the molecule is COc1cccc(CN(C(=O)CN(c2cccc(C)c2)S(=O)(=O)c2ccc(Cl)cc2)[C@H](Cc2ccccc2)C(=O)NC2CCCC2)c1. The maximum atomic E-state index is 14.7. The van der Waals surface area contributed by atoms with Crippen molar-refractivity contribution in [2.45, 2.75) is 62.6 Å². The number of nitrogens with one attached hydrogen (secondary N) is 1. The number of sulfonamides is 1. The molecule has 1 atom stereocenters. The van der Waals surface area contributed by atoms with Crippen LogP contribution in [0.3, 0.4) is 0 Å². The average Bonchev–Trinajstić information content (AvgIpc) is 3.59. The molecule has 1 saturated carbocycles. The van der Waals surface area contributed by atoms with Crippen LogP contribution in [-0.4, -0.2) is 50.9 Å². The van der Waals surface area contributed by atoms with Crippen LogP contribution in [0.1, 0.15) is 42.4 Å². The minimum atomic E-state index is -4.22. The maximum absolute atomic E-state index is 14.7. The molecule has 4 aromatic rings. The van der Waals surface area contributed by atoms with Crippen LogP contribution in [0.5, 0.6) is 5.75 Å². The number of halogens is 1. The lowest BCUT2D eigenvalue weighted by atomic mass is 10.0. The normalized spacial score (nSPS) is 13.9. The van der Waals surface area contributed by atoms with Gasteiger partial charge in [0.25, 0.3) is 10.0 Å². The predicted octanol–water partition coefficient (Wildman–Crippen LogP) is 6.55. The Morgan fingerprint density at radius 1 is 0.894 bits per heavy atom. The van der Waals surface area contributed by atoms with Crippen LogP contribution >= 0.6 is 11.6 Å². The van der Waals surface area contributed by atoms with Gasteiger partial charge in [-0.15, -0.1) is 0 Å². The topological polar surface area (TPSA) is 96.0 Å². The molecule has 5 rings (SSSR count). The third kappa shape index (κ3) is 8.73. The van der Waals surface area contributed by atoms with Crippen molar-refractivity contribution in [1.82, 2.24) is 10.2 Å². The number of carbonyl (C=O) groups is 2. The molecule has 2 amide bonds. The Balaban J connectivity index is 1.57. The highest BCUT2D eigenvalue weighted by Crippen LogP contribution is 2.27. The van der Waals surface area contributed by atoms with Gasteiger partial charge in [0.15, 0.2) is 0 Å². The first kappa shape index (κ1) is 34.0. The van der Waals surface area contributed by atoms with E-state index in [2.05, 4.69) is 5.32 Å². The summed E-state index contributed by atoms with van der Waals surface area (Å²) < 4.78 is 34.9. The van der Waals surface area contributed by atoms with Crippen LogP contribution in [-0.2, 0) is 32.6 Å². The number of methoxy groups -OCH3 is 1. The Hall–Kier alpha value is -4.34. The fraction of sp³-hybridized carbons (Fsp3) is 0.297. The third-order valence-electron chi connectivity index (χ3n) is 8.43. The number of ether oxygens (including phenoxy) is 1. The van der Waals surface area contributed by atoms with E-state index in [4.69, 9.17) is 16.3 Å². The molecule has 1 fully saturated rings. The van der Waals surface area contributed by atoms with Crippen molar-refractivity contribution >= 4 is 39.1 Å². The predicted molar refractivity (Wildman–Crippen MR) is 185 cm³/mol. The van der Waals surface area contributed by atoms with Crippen molar-refractivity contribution in [3.05, 3.63) is 125 Å². The van der Waals surface area contributed by atoms with E-state index in [0.717, 1.165) is 46.7 Å². The minimum absolute atomic E-state index is 0.00429. The monoisotopic (exact) mass is 673 g/mol. The van der Waals surface area contributed by atoms with Gasteiger partial charge >= 0.3 is 0 Å². The Morgan fingerprint density at radius 3 is 2.26 bits per heavy atom. The van der Waals surface area contributed by atoms with Gasteiger partial charge in [-0.25, -0.2) is 8.42 Å². The van der Waals surface area contributed by atoms with Crippen LogP contribution in [0.15, 0.2) is 108 Å². The molecule has 0 bridgehead atoms. The van der Waals surface area contributed by atoms with Crippen molar-refractivity contribution in [3.8, 4) is 5.75 Å². The summed E-state index contributed by atoms with van der Waals surface area (Å²) in [6.45, 7) is 1.39. The lowest BCUT2D eigenvalue weighted by Gasteiger charge is -2.34. The molecular weight excluding hydrogens is 634 g/mol. The minimum Gasteiger partial charge on any atom is -0.497 e. The molecule has 0 radical (unpaired) electrons. The van der Waals surface area contributed by atoms with E-state index in [1.54, 1.807) is 25.3 Å². The molecule has 1 N–H and O–H groups in total. The van der Waals surface area contributed by atoms with Crippen molar-refractivity contribution in [2.24, 2.45) is 0 Å². The molecule has 4 aromatic carbocycles. The Bertz CT molecular complexity index is 1780. The number of carbonyl (C=O) groups excluding carboxylic acids is 2. The van der Waals surface area contributed by atoms with E-state index in [9.17, 15) is 18.0 Å². The molecule has 10 heteroatoms. The average molecular weight is 674 g/mol. The number of amides is 2. The molecule has 1 aliphatic carbocycles. The zero-order valence-corrected chi connectivity index (χ0v) is 28.2. The second kappa shape index (κ2) is 15.5. The van der Waals surface area contributed by atoms with Crippen molar-refractivity contribution in [1.29, 1.82) is 0 Å². The highest BCUT2D eigenvalue weighted by atomic mass is 35.5. The summed E-state index contributed by atoms with van der Waals surface area (Å²) in [5, 5.41) is 3.59. The summed E-state index contributed by atoms with van der Waals surface area (Å²) >= 11 is 6.08. The smallest absolute Gasteiger partial charge is 0.264 e. The van der Waals surface area contributed by atoms with Crippen LogP contribution in [0.2, 0.25) is 5.02 Å². The zero-order chi connectivity index (χ0) is 33.4. The van der Waals surface area contributed by atoms with E-state index in [1.807, 2.05) is 67.6 Å². The summed E-state index contributed by atoms with van der Waals surface area (Å²) in [5.41, 5.74) is 2.79. The van der Waals surface area contributed by atoms with Gasteiger partial charge in [-0.1, -0.05) is 79.0 Å². The van der Waals surface area contributed by atoms with E-state index >= 15 is 0 Å². The Morgan fingerprint density at radius 2 is 1.57 bits per heavy atom. The van der Waals surface area contributed by atoms with Crippen molar-refractivity contribution in [3.63, 3.8) is 0 Å². The summed E-state index contributed by atoms with van der Waals surface area (Å²) in [4.78, 5) is 30.3. The number of hydrogen-bond acceptors (Lipinski definition) is 5. The van der Waals surface area contributed by atoms with Crippen LogP contribution < -0.4 is 14.4 Å². The van der Waals surface area contributed by atoms with Gasteiger partial charge in [0.05, 0.1) is 17.7 Å². The fourth-order valence-electron chi connectivity index (χ4n) is 5.93. The van der Waals surface area contributed by atoms with Crippen LogP contribution in [0.25, 0.3) is 0 Å². The number of nitrogens with zero attached hydrogens (tertiary/aromatic N) is 2. The first-order chi connectivity index (χ1) is 22.6. The summed E-state index contributed by atoms with van der Waals surface area (Å²) in [6.07, 6.45) is 4.09. The molecule has 8 nitrogen and oxygen atoms in total. The number of benzene rings is 4. The van der Waals surface area contributed by atoms with E-state index < -0.39 is 28.5 Å². The van der Waals surface area contributed by atoms with Gasteiger partial charge in [0.1, 0.15) is 18.3 Å². The molecule has 0 spiro atoms. The standard InChI is InChI=1S/C37H40ClN3O5S/c1-27-10-8-16-32(22-27)41(47(44,45)34-20-18-30(38)19-21-34)26-36(42)40(25-29-13-9-17-33(23-29)46-2)35(24-28-11-4-3-5-12-28)37(43)39-31-14-6-7-15-31/h3-5,8-13,16-23,31,35H,6-7,14-15,24-26H2,1-2H3,(H,39,43)/t35-/m1/s1. The Labute approximate surface area is 282 Å². The van der Waals surface area contributed by atoms with Gasteiger partial charge in [-0.3, -0.25) is 13.9 Å². The van der Waals surface area contributed by atoms with Gasteiger partial charge in [-0.2, -0.15) is 0 Å². The summed E-state index contributed by atoms with van der Waals surface area (Å²) in [5.74, 6) is -0.175. The molecule has 47 heavy (non-hydrogen) atoms. The second-order valence-corrected chi connectivity index (χ2v) is 14.2. The van der Waals surface area contributed by atoms with Gasteiger partial charge in [0.2, 0.25) is 11.8 Å². The Kier molecular flexibility index (Phi) is 11.2. The fourth-order valence-corrected chi connectivity index (χ4v) is 7.47. The molecule has 0 aromatic heterocycles. The molecule has 246 valence electrons. The van der Waals surface area contributed by atoms with Gasteiger partial charge in [0, 0.05) is 24.0 Å². The molecular formula is C37H40ClN3O5S. The maximum Gasteiger partial charge on any atom is 0.264 e. The highest BCUT2D eigenvalue weighted by molar-refractivity contribution is 7.92. The van der Waals surface area contributed by atoms with E-state index in [-0.39, 0.29) is 29.8 Å². The first-order valence-electron chi connectivity index (χ1n) is 15.8. The summed E-state index contributed by atoms with van der Waals surface area (Å²) in [6, 6.07) is 28.8.